The highest BCUT2D eigenvalue weighted by Gasteiger charge is 2.07. The number of nitrogens with one attached hydrogen (secondary N) is 1. The second kappa shape index (κ2) is 6.72. The van der Waals surface area contributed by atoms with Crippen molar-refractivity contribution in [3.8, 4) is 11.5 Å². The first-order chi connectivity index (χ1) is 8.17. The Bertz CT molecular complexity index is 382. The number of carbonyl (C=O) groups is 1. The van der Waals surface area contributed by atoms with Crippen LogP contribution in [0.3, 0.4) is 0 Å². The number of hydrogen-bond donors (Lipinski definition) is 3. The Morgan fingerprint density at radius 1 is 1.53 bits per heavy atom. The molecule has 0 heterocycles. The molecule has 0 bridgehead atoms. The number of ether oxygens (including phenoxy) is 2. The molecule has 1 amide bonds. The van der Waals surface area contributed by atoms with Crippen molar-refractivity contribution in [1.29, 1.82) is 0 Å². The van der Waals surface area contributed by atoms with Crippen molar-refractivity contribution in [2.75, 3.05) is 32.2 Å². The second-order valence-corrected chi connectivity index (χ2v) is 3.27. The van der Waals surface area contributed by atoms with E-state index < -0.39 is 0 Å². The van der Waals surface area contributed by atoms with Gasteiger partial charge in [0.05, 0.1) is 19.4 Å². The van der Waals surface area contributed by atoms with E-state index in [-0.39, 0.29) is 18.3 Å². The van der Waals surface area contributed by atoms with Crippen LogP contribution in [0.2, 0.25) is 0 Å². The SMILES string of the molecule is COc1ccc(NC(=O)COCCN)c(O)c1. The van der Waals surface area contributed by atoms with E-state index in [1.807, 2.05) is 0 Å². The van der Waals surface area contributed by atoms with E-state index in [0.717, 1.165) is 0 Å². The minimum atomic E-state index is -0.348. The Balaban J connectivity index is 2.53. The van der Waals surface area contributed by atoms with Gasteiger partial charge in [0.25, 0.3) is 0 Å². The molecule has 0 saturated heterocycles. The van der Waals surface area contributed by atoms with Gasteiger partial charge in [0, 0.05) is 12.6 Å². The molecule has 0 aliphatic carbocycles. The molecule has 0 atom stereocenters. The summed E-state index contributed by atoms with van der Waals surface area (Å²) in [5, 5.41) is 12.1. The summed E-state index contributed by atoms with van der Waals surface area (Å²) in [6, 6.07) is 4.60. The van der Waals surface area contributed by atoms with E-state index in [0.29, 0.717) is 24.6 Å². The first kappa shape index (κ1) is 13.3. The fourth-order valence-electron chi connectivity index (χ4n) is 1.18. The van der Waals surface area contributed by atoms with Gasteiger partial charge in [-0.15, -0.1) is 0 Å². The third-order valence-corrected chi connectivity index (χ3v) is 1.97. The van der Waals surface area contributed by atoms with Gasteiger partial charge < -0.3 is 25.6 Å². The summed E-state index contributed by atoms with van der Waals surface area (Å²) in [5.74, 6) is 0.107. The molecular formula is C11H16N2O4. The van der Waals surface area contributed by atoms with Gasteiger partial charge in [-0.05, 0) is 12.1 Å². The van der Waals surface area contributed by atoms with Gasteiger partial charge in [-0.3, -0.25) is 4.79 Å². The number of rotatable bonds is 6. The van der Waals surface area contributed by atoms with Crippen molar-refractivity contribution in [2.24, 2.45) is 5.73 Å². The van der Waals surface area contributed by atoms with Gasteiger partial charge in [-0.25, -0.2) is 0 Å². The average molecular weight is 240 g/mol. The fourth-order valence-corrected chi connectivity index (χ4v) is 1.18. The van der Waals surface area contributed by atoms with Crippen LogP contribution in [0.1, 0.15) is 0 Å². The molecule has 6 heteroatoms. The summed E-state index contributed by atoms with van der Waals surface area (Å²) in [7, 11) is 1.49. The van der Waals surface area contributed by atoms with E-state index in [1.54, 1.807) is 12.1 Å². The fraction of sp³-hybridized carbons (Fsp3) is 0.364. The van der Waals surface area contributed by atoms with Crippen molar-refractivity contribution < 1.29 is 19.4 Å². The minimum Gasteiger partial charge on any atom is -0.506 e. The monoisotopic (exact) mass is 240 g/mol. The maximum atomic E-state index is 11.4. The third-order valence-electron chi connectivity index (χ3n) is 1.97. The van der Waals surface area contributed by atoms with Crippen LogP contribution in [0, 0.1) is 0 Å². The average Bonchev–Trinajstić information content (AvgIpc) is 2.32. The highest BCUT2D eigenvalue weighted by Crippen LogP contribution is 2.27. The quantitative estimate of drug-likeness (QED) is 0.491. The van der Waals surface area contributed by atoms with E-state index in [2.05, 4.69) is 5.32 Å². The number of nitrogens with two attached hydrogens (primary N) is 1. The lowest BCUT2D eigenvalue weighted by atomic mass is 10.2. The summed E-state index contributed by atoms with van der Waals surface area (Å²) < 4.78 is 9.88. The molecule has 1 aromatic rings. The Labute approximate surface area is 99.3 Å². The Morgan fingerprint density at radius 3 is 2.88 bits per heavy atom. The van der Waals surface area contributed by atoms with E-state index in [4.69, 9.17) is 15.2 Å². The highest BCUT2D eigenvalue weighted by molar-refractivity contribution is 5.93. The summed E-state index contributed by atoms with van der Waals surface area (Å²) in [6.07, 6.45) is 0. The minimum absolute atomic E-state index is 0.0588. The number of carbonyl (C=O) groups excluding carboxylic acids is 1. The molecule has 6 nitrogen and oxygen atoms in total. The van der Waals surface area contributed by atoms with Crippen molar-refractivity contribution in [3.63, 3.8) is 0 Å². The molecule has 0 fully saturated rings. The van der Waals surface area contributed by atoms with Gasteiger partial charge in [0.2, 0.25) is 5.91 Å². The molecule has 0 aliphatic rings. The number of phenols is 1. The highest BCUT2D eigenvalue weighted by atomic mass is 16.5. The number of hydrogen-bond acceptors (Lipinski definition) is 5. The van der Waals surface area contributed by atoms with Gasteiger partial charge in [0.15, 0.2) is 0 Å². The molecule has 1 rings (SSSR count). The van der Waals surface area contributed by atoms with Crippen molar-refractivity contribution in [1.82, 2.24) is 0 Å². The molecule has 0 saturated carbocycles. The summed E-state index contributed by atoms with van der Waals surface area (Å²) >= 11 is 0. The first-order valence-corrected chi connectivity index (χ1v) is 5.12. The van der Waals surface area contributed by atoms with Crippen LogP contribution in [0.25, 0.3) is 0 Å². The maximum absolute atomic E-state index is 11.4. The summed E-state index contributed by atoms with van der Waals surface area (Å²) in [4.78, 5) is 11.4. The largest absolute Gasteiger partial charge is 0.506 e. The molecule has 0 aliphatic heterocycles. The molecule has 0 spiro atoms. The standard InChI is InChI=1S/C11H16N2O4/c1-16-8-2-3-9(10(14)6-8)13-11(15)7-17-5-4-12/h2-3,6,14H,4-5,7,12H2,1H3,(H,13,15). The predicted octanol–water partition coefficient (Wildman–Crippen LogP) is 0.315. The Hall–Kier alpha value is -1.79. The molecule has 0 aromatic heterocycles. The molecule has 94 valence electrons. The first-order valence-electron chi connectivity index (χ1n) is 5.12. The topological polar surface area (TPSA) is 93.8 Å². The van der Waals surface area contributed by atoms with Crippen LogP contribution < -0.4 is 15.8 Å². The van der Waals surface area contributed by atoms with Crippen LogP contribution in [0.15, 0.2) is 18.2 Å². The number of aromatic hydroxyl groups is 1. The predicted molar refractivity (Wildman–Crippen MR) is 63.2 cm³/mol. The van der Waals surface area contributed by atoms with Crippen LogP contribution in [0.4, 0.5) is 5.69 Å². The van der Waals surface area contributed by atoms with Crippen LogP contribution >= 0.6 is 0 Å². The normalized spacial score (nSPS) is 10.0. The van der Waals surface area contributed by atoms with Crippen molar-refractivity contribution in [3.05, 3.63) is 18.2 Å². The van der Waals surface area contributed by atoms with Crippen molar-refractivity contribution >= 4 is 11.6 Å². The number of methoxy groups -OCH3 is 1. The molecule has 1 aromatic carbocycles. The summed E-state index contributed by atoms with van der Waals surface area (Å²) in [6.45, 7) is 0.589. The van der Waals surface area contributed by atoms with E-state index >= 15 is 0 Å². The second-order valence-electron chi connectivity index (χ2n) is 3.27. The third kappa shape index (κ3) is 4.29. The van der Waals surface area contributed by atoms with E-state index in [9.17, 15) is 9.90 Å². The molecular weight excluding hydrogens is 224 g/mol. The number of amides is 1. The summed E-state index contributed by atoms with van der Waals surface area (Å²) in [5.41, 5.74) is 5.52. The Morgan fingerprint density at radius 2 is 2.29 bits per heavy atom. The molecule has 17 heavy (non-hydrogen) atoms. The molecule has 0 unspecified atom stereocenters. The van der Waals surface area contributed by atoms with Gasteiger partial charge in [-0.1, -0.05) is 0 Å². The van der Waals surface area contributed by atoms with Gasteiger partial charge in [-0.2, -0.15) is 0 Å². The van der Waals surface area contributed by atoms with Crippen LogP contribution in [0.5, 0.6) is 11.5 Å². The number of benzene rings is 1. The number of phenolic OH excluding ortho intramolecular Hbond substituents is 1. The van der Waals surface area contributed by atoms with Crippen molar-refractivity contribution in [2.45, 2.75) is 0 Å². The zero-order chi connectivity index (χ0) is 12.7. The van der Waals surface area contributed by atoms with E-state index in [1.165, 1.54) is 13.2 Å². The van der Waals surface area contributed by atoms with Gasteiger partial charge >= 0.3 is 0 Å². The van der Waals surface area contributed by atoms with Crippen LogP contribution in [-0.2, 0) is 9.53 Å². The zero-order valence-corrected chi connectivity index (χ0v) is 9.60. The molecule has 4 N–H and O–H groups in total. The molecule has 0 radical (unpaired) electrons. The zero-order valence-electron chi connectivity index (χ0n) is 9.60. The maximum Gasteiger partial charge on any atom is 0.250 e. The lowest BCUT2D eigenvalue weighted by Gasteiger charge is -2.08. The lowest BCUT2D eigenvalue weighted by molar-refractivity contribution is -0.120. The Kier molecular flexibility index (Phi) is 5.25. The van der Waals surface area contributed by atoms with Gasteiger partial charge in [0.1, 0.15) is 18.1 Å². The lowest BCUT2D eigenvalue weighted by Crippen LogP contribution is -2.20. The smallest absolute Gasteiger partial charge is 0.250 e. The number of anilines is 1. The van der Waals surface area contributed by atoms with Crippen LogP contribution in [-0.4, -0.2) is 37.9 Å².